The molecule has 0 amide bonds. The van der Waals surface area contributed by atoms with Gasteiger partial charge < -0.3 is 0 Å². The van der Waals surface area contributed by atoms with E-state index in [4.69, 9.17) is 0 Å². The SMILES string of the molecule is CCC(C)N1CCN(Cc2c(F)ccc(Br)c2F)CC1. The number of hydrogen-bond acceptors (Lipinski definition) is 2. The Hall–Kier alpha value is -0.520. The fraction of sp³-hybridized carbons (Fsp3) is 0.600. The van der Waals surface area contributed by atoms with Crippen LogP contribution in [0.3, 0.4) is 0 Å². The zero-order valence-corrected chi connectivity index (χ0v) is 13.6. The molecule has 0 aliphatic carbocycles. The van der Waals surface area contributed by atoms with E-state index in [1.165, 1.54) is 12.1 Å². The molecular formula is C15H21BrF2N2. The summed E-state index contributed by atoms with van der Waals surface area (Å²) in [5.74, 6) is -0.940. The molecule has 1 aliphatic rings. The number of piperazine rings is 1. The van der Waals surface area contributed by atoms with Gasteiger partial charge in [0.25, 0.3) is 0 Å². The zero-order valence-electron chi connectivity index (χ0n) is 12.0. The Balaban J connectivity index is 1.98. The Kier molecular flexibility index (Phi) is 5.52. The maximum atomic E-state index is 14.0. The van der Waals surface area contributed by atoms with Gasteiger partial charge in [-0.15, -0.1) is 0 Å². The Morgan fingerprint density at radius 1 is 1.20 bits per heavy atom. The molecule has 0 radical (unpaired) electrons. The summed E-state index contributed by atoms with van der Waals surface area (Å²) in [7, 11) is 0. The first-order valence-electron chi connectivity index (χ1n) is 7.11. The average molecular weight is 347 g/mol. The van der Waals surface area contributed by atoms with Crippen molar-refractivity contribution in [2.75, 3.05) is 26.2 Å². The van der Waals surface area contributed by atoms with Crippen LogP contribution in [0, 0.1) is 11.6 Å². The lowest BCUT2D eigenvalue weighted by Gasteiger charge is -2.37. The molecule has 1 atom stereocenters. The second kappa shape index (κ2) is 6.96. The average Bonchev–Trinajstić information content (AvgIpc) is 2.47. The minimum Gasteiger partial charge on any atom is -0.298 e. The van der Waals surface area contributed by atoms with Crippen LogP contribution in [0.15, 0.2) is 16.6 Å². The Morgan fingerprint density at radius 2 is 1.85 bits per heavy atom. The highest BCUT2D eigenvalue weighted by atomic mass is 79.9. The minimum atomic E-state index is -0.477. The number of halogens is 3. The van der Waals surface area contributed by atoms with Crippen molar-refractivity contribution in [1.29, 1.82) is 0 Å². The molecule has 2 nitrogen and oxygen atoms in total. The van der Waals surface area contributed by atoms with Gasteiger partial charge in [0, 0.05) is 44.3 Å². The number of benzene rings is 1. The van der Waals surface area contributed by atoms with Crippen molar-refractivity contribution in [3.8, 4) is 0 Å². The second-order valence-corrected chi connectivity index (χ2v) is 6.25. The molecule has 20 heavy (non-hydrogen) atoms. The van der Waals surface area contributed by atoms with E-state index in [1.807, 2.05) is 0 Å². The van der Waals surface area contributed by atoms with Crippen LogP contribution in [0.4, 0.5) is 8.78 Å². The normalized spacial score (nSPS) is 19.2. The highest BCUT2D eigenvalue weighted by Crippen LogP contribution is 2.23. The van der Waals surface area contributed by atoms with Crippen molar-refractivity contribution < 1.29 is 8.78 Å². The Labute approximate surface area is 127 Å². The van der Waals surface area contributed by atoms with Gasteiger partial charge in [-0.3, -0.25) is 9.80 Å². The van der Waals surface area contributed by atoms with Crippen molar-refractivity contribution in [3.05, 3.63) is 33.8 Å². The molecule has 112 valence electrons. The van der Waals surface area contributed by atoms with E-state index in [-0.39, 0.29) is 5.56 Å². The molecule has 0 N–H and O–H groups in total. The van der Waals surface area contributed by atoms with Crippen LogP contribution in [0.2, 0.25) is 0 Å². The fourth-order valence-electron chi connectivity index (χ4n) is 2.56. The second-order valence-electron chi connectivity index (χ2n) is 5.39. The van der Waals surface area contributed by atoms with Crippen LogP contribution < -0.4 is 0 Å². The van der Waals surface area contributed by atoms with Crippen molar-refractivity contribution in [2.24, 2.45) is 0 Å². The van der Waals surface area contributed by atoms with Gasteiger partial charge in [-0.2, -0.15) is 0 Å². The van der Waals surface area contributed by atoms with E-state index in [2.05, 4.69) is 39.6 Å². The third-order valence-electron chi connectivity index (χ3n) is 4.14. The summed E-state index contributed by atoms with van der Waals surface area (Å²) in [5, 5.41) is 0. The van der Waals surface area contributed by atoms with Crippen LogP contribution in [0.1, 0.15) is 25.8 Å². The molecule has 2 rings (SSSR count). The van der Waals surface area contributed by atoms with E-state index in [1.54, 1.807) is 0 Å². The maximum Gasteiger partial charge on any atom is 0.144 e. The molecule has 1 saturated heterocycles. The van der Waals surface area contributed by atoms with Gasteiger partial charge in [0.05, 0.1) is 4.47 Å². The number of nitrogens with zero attached hydrogens (tertiary/aromatic N) is 2. The topological polar surface area (TPSA) is 6.48 Å². The molecular weight excluding hydrogens is 326 g/mol. The van der Waals surface area contributed by atoms with Gasteiger partial charge in [0.2, 0.25) is 0 Å². The van der Waals surface area contributed by atoms with E-state index in [9.17, 15) is 8.78 Å². The molecule has 1 aromatic carbocycles. The molecule has 1 unspecified atom stereocenters. The van der Waals surface area contributed by atoms with Gasteiger partial charge in [0.1, 0.15) is 11.6 Å². The summed E-state index contributed by atoms with van der Waals surface area (Å²) in [4.78, 5) is 4.55. The smallest absolute Gasteiger partial charge is 0.144 e. The first-order chi connectivity index (χ1) is 9.52. The molecule has 1 heterocycles. The third kappa shape index (κ3) is 3.57. The summed E-state index contributed by atoms with van der Waals surface area (Å²) in [6.45, 7) is 8.39. The monoisotopic (exact) mass is 346 g/mol. The standard InChI is InChI=1S/C15H21BrF2N2/c1-3-11(2)20-8-6-19(7-9-20)10-12-14(17)5-4-13(16)15(12)18/h4-5,11H,3,6-10H2,1-2H3. The molecule has 5 heteroatoms. The van der Waals surface area contributed by atoms with Gasteiger partial charge in [-0.25, -0.2) is 8.78 Å². The number of hydrogen-bond donors (Lipinski definition) is 0. The minimum absolute atomic E-state index is 0.163. The molecule has 1 aliphatic heterocycles. The van der Waals surface area contributed by atoms with Crippen LogP contribution >= 0.6 is 15.9 Å². The Bertz CT molecular complexity index is 459. The van der Waals surface area contributed by atoms with Gasteiger partial charge in [-0.1, -0.05) is 6.92 Å². The summed E-state index contributed by atoms with van der Waals surface area (Å²) in [5.41, 5.74) is 0.163. The van der Waals surface area contributed by atoms with Crippen LogP contribution in [0.5, 0.6) is 0 Å². The van der Waals surface area contributed by atoms with Gasteiger partial charge in [-0.05, 0) is 41.4 Å². The van der Waals surface area contributed by atoms with Crippen LogP contribution in [-0.2, 0) is 6.54 Å². The van der Waals surface area contributed by atoms with E-state index < -0.39 is 11.6 Å². The van der Waals surface area contributed by atoms with Crippen molar-refractivity contribution in [2.45, 2.75) is 32.9 Å². The predicted octanol–water partition coefficient (Wildman–Crippen LogP) is 3.64. The zero-order chi connectivity index (χ0) is 14.7. The summed E-state index contributed by atoms with van der Waals surface area (Å²) in [6.07, 6.45) is 1.13. The lowest BCUT2D eigenvalue weighted by molar-refractivity contribution is 0.0948. The summed E-state index contributed by atoms with van der Waals surface area (Å²) in [6, 6.07) is 3.31. The summed E-state index contributed by atoms with van der Waals surface area (Å²) >= 11 is 3.11. The van der Waals surface area contributed by atoms with E-state index in [0.29, 0.717) is 17.1 Å². The highest BCUT2D eigenvalue weighted by molar-refractivity contribution is 9.10. The van der Waals surface area contributed by atoms with E-state index in [0.717, 1.165) is 32.6 Å². The maximum absolute atomic E-state index is 14.0. The molecule has 1 fully saturated rings. The van der Waals surface area contributed by atoms with Crippen molar-refractivity contribution in [3.63, 3.8) is 0 Å². The van der Waals surface area contributed by atoms with Crippen molar-refractivity contribution in [1.82, 2.24) is 9.80 Å². The lowest BCUT2D eigenvalue weighted by atomic mass is 10.1. The lowest BCUT2D eigenvalue weighted by Crippen LogP contribution is -2.49. The van der Waals surface area contributed by atoms with Crippen molar-refractivity contribution >= 4 is 15.9 Å². The molecule has 0 aromatic heterocycles. The van der Waals surface area contributed by atoms with Crippen LogP contribution in [-0.4, -0.2) is 42.0 Å². The van der Waals surface area contributed by atoms with Gasteiger partial charge in [0.15, 0.2) is 0 Å². The first kappa shape index (κ1) is 15.9. The number of rotatable bonds is 4. The summed E-state index contributed by atoms with van der Waals surface area (Å²) < 4.78 is 28.0. The van der Waals surface area contributed by atoms with E-state index >= 15 is 0 Å². The molecule has 0 bridgehead atoms. The quantitative estimate of drug-likeness (QED) is 0.768. The largest absolute Gasteiger partial charge is 0.298 e. The molecule has 1 aromatic rings. The molecule has 0 spiro atoms. The first-order valence-corrected chi connectivity index (χ1v) is 7.91. The highest BCUT2D eigenvalue weighted by Gasteiger charge is 2.22. The van der Waals surface area contributed by atoms with Crippen LogP contribution in [0.25, 0.3) is 0 Å². The fourth-order valence-corrected chi connectivity index (χ4v) is 2.93. The predicted molar refractivity (Wildman–Crippen MR) is 80.7 cm³/mol. The third-order valence-corrected chi connectivity index (χ3v) is 4.75. The van der Waals surface area contributed by atoms with Gasteiger partial charge >= 0.3 is 0 Å². The Morgan fingerprint density at radius 3 is 2.45 bits per heavy atom. The molecule has 0 saturated carbocycles.